The van der Waals surface area contributed by atoms with Gasteiger partial charge in [0.05, 0.1) is 10.5 Å². The molecule has 1 fully saturated rings. The molecule has 0 saturated carbocycles. The van der Waals surface area contributed by atoms with Gasteiger partial charge >= 0.3 is 5.97 Å². The third-order valence-electron chi connectivity index (χ3n) is 4.48. The average molecular weight is 397 g/mol. The fourth-order valence-electron chi connectivity index (χ4n) is 2.99. The number of nitrogens with zero attached hydrogens (tertiary/aromatic N) is 2. The monoisotopic (exact) mass is 397 g/mol. The molecule has 9 heteroatoms. The number of hydrogen-bond donors (Lipinski definition) is 1. The third-order valence-corrected chi connectivity index (χ3v) is 4.48. The number of hydrogen-bond acceptors (Lipinski definition) is 6. The number of nitro benzene ring substituents is 1. The van der Waals surface area contributed by atoms with E-state index in [2.05, 4.69) is 5.32 Å². The normalized spacial score (nSPS) is 13.2. The van der Waals surface area contributed by atoms with Gasteiger partial charge in [-0.05, 0) is 36.8 Å². The first-order valence-electron chi connectivity index (χ1n) is 9.02. The lowest BCUT2D eigenvalue weighted by molar-refractivity contribution is -0.385. The summed E-state index contributed by atoms with van der Waals surface area (Å²) in [6.45, 7) is 0.0338. The Morgan fingerprint density at radius 2 is 1.86 bits per heavy atom. The fourth-order valence-corrected chi connectivity index (χ4v) is 2.99. The summed E-state index contributed by atoms with van der Waals surface area (Å²) in [5, 5.41) is 13.4. The highest BCUT2D eigenvalue weighted by Gasteiger charge is 2.21. The molecule has 0 spiro atoms. The first-order chi connectivity index (χ1) is 14.0. The van der Waals surface area contributed by atoms with E-state index in [0.29, 0.717) is 18.5 Å². The maximum Gasteiger partial charge on any atom is 0.325 e. The van der Waals surface area contributed by atoms with Gasteiger partial charge in [0, 0.05) is 30.3 Å². The molecule has 29 heavy (non-hydrogen) atoms. The molecule has 2 amide bonds. The molecule has 0 atom stereocenters. The Hall–Kier alpha value is -3.75. The molecule has 0 aliphatic carbocycles. The number of amides is 2. The van der Waals surface area contributed by atoms with Crippen molar-refractivity contribution in [1.82, 2.24) is 5.32 Å². The number of rotatable bonds is 7. The van der Waals surface area contributed by atoms with Crippen LogP contribution in [0, 0.1) is 10.1 Å². The van der Waals surface area contributed by atoms with Crippen LogP contribution in [0.4, 0.5) is 11.4 Å². The summed E-state index contributed by atoms with van der Waals surface area (Å²) >= 11 is 0. The Labute approximate surface area is 166 Å². The van der Waals surface area contributed by atoms with Gasteiger partial charge < -0.3 is 15.0 Å². The van der Waals surface area contributed by atoms with Crippen LogP contribution >= 0.6 is 0 Å². The lowest BCUT2D eigenvalue weighted by Crippen LogP contribution is -2.30. The average Bonchev–Trinajstić information content (AvgIpc) is 3.16. The van der Waals surface area contributed by atoms with Crippen LogP contribution in [0.5, 0.6) is 0 Å². The number of carbonyl (C=O) groups is 3. The minimum Gasteiger partial charge on any atom is -0.459 e. The second-order valence-electron chi connectivity index (χ2n) is 6.42. The molecule has 1 heterocycles. The van der Waals surface area contributed by atoms with Crippen LogP contribution in [0.1, 0.15) is 28.8 Å². The Kier molecular flexibility index (Phi) is 6.18. The Morgan fingerprint density at radius 3 is 2.52 bits per heavy atom. The number of esters is 1. The summed E-state index contributed by atoms with van der Waals surface area (Å²) in [5.41, 5.74) is 1.20. The van der Waals surface area contributed by atoms with Gasteiger partial charge in [-0.15, -0.1) is 0 Å². The number of nitrogens with one attached hydrogen (secondary N) is 1. The number of nitro groups is 1. The number of carbonyl (C=O) groups excluding carboxylic acids is 3. The van der Waals surface area contributed by atoms with E-state index in [9.17, 15) is 24.5 Å². The molecule has 1 aliphatic heterocycles. The van der Waals surface area contributed by atoms with E-state index in [1.807, 2.05) is 0 Å². The zero-order valence-electron chi connectivity index (χ0n) is 15.5. The van der Waals surface area contributed by atoms with Crippen LogP contribution in [0.2, 0.25) is 0 Å². The maximum absolute atomic E-state index is 12.2. The van der Waals surface area contributed by atoms with Crippen LogP contribution in [-0.2, 0) is 20.9 Å². The second kappa shape index (κ2) is 8.96. The van der Waals surface area contributed by atoms with Crippen molar-refractivity contribution in [3.63, 3.8) is 0 Å². The third kappa shape index (κ3) is 4.95. The highest BCUT2D eigenvalue weighted by molar-refractivity contribution is 5.98. The maximum atomic E-state index is 12.2. The van der Waals surface area contributed by atoms with Crippen LogP contribution in [0.25, 0.3) is 0 Å². The molecule has 1 N–H and O–H groups in total. The predicted octanol–water partition coefficient (Wildman–Crippen LogP) is 2.19. The quantitative estimate of drug-likeness (QED) is 0.435. The number of anilines is 1. The molecule has 1 aliphatic rings. The van der Waals surface area contributed by atoms with Crippen molar-refractivity contribution in [3.05, 3.63) is 69.8 Å². The zero-order chi connectivity index (χ0) is 20.8. The molecular weight excluding hydrogens is 378 g/mol. The molecule has 0 unspecified atom stereocenters. The lowest BCUT2D eigenvalue weighted by Gasteiger charge is -2.15. The number of ether oxygens (including phenoxy) is 1. The van der Waals surface area contributed by atoms with Gasteiger partial charge in [-0.2, -0.15) is 0 Å². The van der Waals surface area contributed by atoms with Crippen LogP contribution in [0.3, 0.4) is 0 Å². The Morgan fingerprint density at radius 1 is 1.14 bits per heavy atom. The van der Waals surface area contributed by atoms with Gasteiger partial charge in [-0.1, -0.05) is 12.1 Å². The number of benzene rings is 2. The van der Waals surface area contributed by atoms with E-state index < -0.39 is 16.8 Å². The zero-order valence-corrected chi connectivity index (χ0v) is 15.5. The van der Waals surface area contributed by atoms with Crippen molar-refractivity contribution < 1.29 is 24.0 Å². The van der Waals surface area contributed by atoms with Crippen molar-refractivity contribution in [1.29, 1.82) is 0 Å². The van der Waals surface area contributed by atoms with Crippen LogP contribution < -0.4 is 10.2 Å². The minimum absolute atomic E-state index is 0.0589. The largest absolute Gasteiger partial charge is 0.459 e. The molecule has 9 nitrogen and oxygen atoms in total. The van der Waals surface area contributed by atoms with Crippen molar-refractivity contribution in [2.24, 2.45) is 0 Å². The lowest BCUT2D eigenvalue weighted by atomic mass is 10.2. The van der Waals surface area contributed by atoms with E-state index in [1.165, 1.54) is 18.2 Å². The summed E-state index contributed by atoms with van der Waals surface area (Å²) in [6, 6.07) is 12.5. The molecule has 1 saturated heterocycles. The van der Waals surface area contributed by atoms with Crippen molar-refractivity contribution in [2.45, 2.75) is 19.4 Å². The summed E-state index contributed by atoms with van der Waals surface area (Å²) in [7, 11) is 0. The number of para-hydroxylation sites is 1. The summed E-state index contributed by atoms with van der Waals surface area (Å²) in [6.07, 6.45) is 1.34. The van der Waals surface area contributed by atoms with Gasteiger partial charge in [-0.3, -0.25) is 24.5 Å². The summed E-state index contributed by atoms with van der Waals surface area (Å²) < 4.78 is 5.00. The van der Waals surface area contributed by atoms with Gasteiger partial charge in [0.15, 0.2) is 0 Å². The molecule has 0 aromatic heterocycles. The molecule has 0 radical (unpaired) electrons. The fraction of sp³-hybridized carbons (Fsp3) is 0.250. The molecule has 150 valence electrons. The van der Waals surface area contributed by atoms with Gasteiger partial charge in [0.25, 0.3) is 11.6 Å². The minimum atomic E-state index is -0.712. The summed E-state index contributed by atoms with van der Waals surface area (Å²) in [4.78, 5) is 47.8. The highest BCUT2D eigenvalue weighted by atomic mass is 16.6. The molecule has 3 rings (SSSR count). The van der Waals surface area contributed by atoms with Gasteiger partial charge in [0.2, 0.25) is 5.91 Å². The highest BCUT2D eigenvalue weighted by Crippen LogP contribution is 2.21. The second-order valence-corrected chi connectivity index (χ2v) is 6.42. The molecule has 0 bridgehead atoms. The standard InChI is InChI=1S/C20H19N3O6/c24-18-6-3-11-22(18)16-9-7-14(8-10-16)20(26)21-12-19(25)29-13-15-4-1-2-5-17(15)23(27)28/h1-2,4-5,7-10H,3,6,11-13H2,(H,21,26). The molecular formula is C20H19N3O6. The van der Waals surface area contributed by atoms with Crippen molar-refractivity contribution >= 4 is 29.2 Å². The Bertz CT molecular complexity index is 941. The van der Waals surface area contributed by atoms with E-state index in [4.69, 9.17) is 4.74 Å². The summed E-state index contributed by atoms with van der Waals surface area (Å²) in [5.74, 6) is -1.12. The van der Waals surface area contributed by atoms with Gasteiger partial charge in [0.1, 0.15) is 13.2 Å². The van der Waals surface area contributed by atoms with Crippen LogP contribution in [-0.4, -0.2) is 35.8 Å². The first-order valence-corrected chi connectivity index (χ1v) is 9.02. The SMILES string of the molecule is O=C(CNC(=O)c1ccc(N2CCCC2=O)cc1)OCc1ccccc1[N+](=O)[O-]. The van der Waals surface area contributed by atoms with E-state index in [1.54, 1.807) is 35.2 Å². The topological polar surface area (TPSA) is 119 Å². The van der Waals surface area contributed by atoms with Crippen molar-refractivity contribution in [2.75, 3.05) is 18.0 Å². The van der Waals surface area contributed by atoms with Crippen LogP contribution in [0.15, 0.2) is 48.5 Å². The van der Waals surface area contributed by atoms with Gasteiger partial charge in [-0.25, -0.2) is 0 Å². The Balaban J connectivity index is 1.49. The van der Waals surface area contributed by atoms with Crippen molar-refractivity contribution in [3.8, 4) is 0 Å². The predicted molar refractivity (Wildman–Crippen MR) is 103 cm³/mol. The van der Waals surface area contributed by atoms with E-state index in [-0.39, 0.29) is 30.3 Å². The first kappa shape index (κ1) is 20.0. The van der Waals surface area contributed by atoms with E-state index >= 15 is 0 Å². The smallest absolute Gasteiger partial charge is 0.325 e. The molecule has 2 aromatic rings. The molecule has 2 aromatic carbocycles. The van der Waals surface area contributed by atoms with E-state index in [0.717, 1.165) is 12.1 Å².